The van der Waals surface area contributed by atoms with E-state index < -0.39 is 54.7 Å². The van der Waals surface area contributed by atoms with Crippen molar-refractivity contribution in [1.82, 2.24) is 10.6 Å². The van der Waals surface area contributed by atoms with Crippen LogP contribution in [0.15, 0.2) is 0 Å². The summed E-state index contributed by atoms with van der Waals surface area (Å²) in [5, 5.41) is 38.8. The van der Waals surface area contributed by atoms with Crippen molar-refractivity contribution < 1.29 is 34.3 Å². The van der Waals surface area contributed by atoms with E-state index >= 15 is 0 Å². The average molecular weight is 494 g/mol. The van der Waals surface area contributed by atoms with Gasteiger partial charge in [-0.1, -0.05) is 14.4 Å². The van der Waals surface area contributed by atoms with E-state index in [9.17, 15) is 15.3 Å². The van der Waals surface area contributed by atoms with E-state index in [-0.39, 0.29) is 32.2 Å². The molecule has 34 heavy (non-hydrogen) atoms. The third-order valence-electron chi connectivity index (χ3n) is 6.97. The lowest BCUT2D eigenvalue weighted by atomic mass is 9.83. The van der Waals surface area contributed by atoms with E-state index in [0.717, 1.165) is 6.42 Å². The highest BCUT2D eigenvalue weighted by molar-refractivity contribution is 5.02. The maximum atomic E-state index is 11.3. The van der Waals surface area contributed by atoms with Crippen molar-refractivity contribution >= 4 is 0 Å². The smallest absolute Gasteiger partial charge is 0.185 e. The highest BCUT2D eigenvalue weighted by Gasteiger charge is 2.51. The number of aliphatic hydroxyl groups is 3. The van der Waals surface area contributed by atoms with Crippen LogP contribution in [0.5, 0.6) is 0 Å². The van der Waals surface area contributed by atoms with Crippen LogP contribution in [-0.2, 0) is 18.9 Å². The van der Waals surface area contributed by atoms with Crippen LogP contribution < -0.4 is 27.8 Å². The van der Waals surface area contributed by atoms with Gasteiger partial charge in [-0.05, 0) is 39.8 Å². The molecule has 2 saturated heterocycles. The van der Waals surface area contributed by atoms with Gasteiger partial charge < -0.3 is 62.1 Å². The molecule has 11 N–H and O–H groups in total. The topological polar surface area (TPSA) is 200 Å². The van der Waals surface area contributed by atoms with Crippen LogP contribution in [0.4, 0.5) is 0 Å². The number of hydrogen-bond acceptors (Lipinski definition) is 12. The minimum Gasteiger partial charge on any atom is -0.388 e. The van der Waals surface area contributed by atoms with Crippen LogP contribution in [0.2, 0.25) is 0 Å². The monoisotopic (exact) mass is 493 g/mol. The minimum absolute atomic E-state index is 0. The summed E-state index contributed by atoms with van der Waals surface area (Å²) in [5.41, 5.74) is 17.1. The Labute approximate surface area is 202 Å². The van der Waals surface area contributed by atoms with Crippen molar-refractivity contribution in [2.24, 2.45) is 17.2 Å². The van der Waals surface area contributed by atoms with Gasteiger partial charge in [0.2, 0.25) is 0 Å². The van der Waals surface area contributed by atoms with Gasteiger partial charge in [-0.15, -0.1) is 0 Å². The first-order chi connectivity index (χ1) is 15.6. The Bertz CT molecular complexity index is 618. The zero-order valence-corrected chi connectivity index (χ0v) is 19.8. The molecule has 12 atom stereocenters. The minimum atomic E-state index is -1.28. The van der Waals surface area contributed by atoms with E-state index in [1.54, 1.807) is 14.0 Å². The molecule has 0 bridgehead atoms. The Morgan fingerprint density at radius 2 is 1.74 bits per heavy atom. The van der Waals surface area contributed by atoms with Crippen molar-refractivity contribution in [3.63, 3.8) is 0 Å². The summed E-state index contributed by atoms with van der Waals surface area (Å²) in [5.74, 6) is 0. The molecular formula is C22H47N5O7. The molecule has 0 aromatic rings. The van der Waals surface area contributed by atoms with Gasteiger partial charge in [0.1, 0.15) is 30.0 Å². The predicted molar refractivity (Wildman–Crippen MR) is 127 cm³/mol. The van der Waals surface area contributed by atoms with E-state index in [0.29, 0.717) is 25.9 Å². The van der Waals surface area contributed by atoms with E-state index in [2.05, 4.69) is 10.6 Å². The summed E-state index contributed by atoms with van der Waals surface area (Å²) in [4.78, 5) is 0. The standard InChI is InChI=1S/C21H43N5O7.CH4/c1-4-26-13-7-12(24)16(32-19-11(23)6-5-10(8-22)31-19)14(27)17(13)33-20-15(28)18(25-3)21(2,29)9-30-20;/h10-20,25-29H,4-9,22-24H2,1-3H3;1H4/t10-,11+,12-,13+,14-,15+,16+,17-,18+,19+,20+,21-;/m0./s1. The van der Waals surface area contributed by atoms with Gasteiger partial charge in [0.25, 0.3) is 0 Å². The third-order valence-corrected chi connectivity index (χ3v) is 6.97. The Balaban J connectivity index is 0.00000408. The molecule has 3 aliphatic rings. The van der Waals surface area contributed by atoms with Crippen molar-refractivity contribution in [3.8, 4) is 0 Å². The van der Waals surface area contributed by atoms with Crippen molar-refractivity contribution in [1.29, 1.82) is 0 Å². The van der Waals surface area contributed by atoms with Crippen molar-refractivity contribution in [3.05, 3.63) is 0 Å². The number of hydrogen-bond donors (Lipinski definition) is 8. The van der Waals surface area contributed by atoms with Crippen LogP contribution in [0.3, 0.4) is 0 Å². The van der Waals surface area contributed by atoms with Crippen LogP contribution in [0, 0.1) is 0 Å². The average Bonchev–Trinajstić information content (AvgIpc) is 2.76. The molecule has 202 valence electrons. The number of rotatable bonds is 8. The van der Waals surface area contributed by atoms with Crippen LogP contribution >= 0.6 is 0 Å². The second-order valence-corrected chi connectivity index (χ2v) is 9.65. The Kier molecular flexibility index (Phi) is 11.1. The summed E-state index contributed by atoms with van der Waals surface area (Å²) < 4.78 is 23.7. The second kappa shape index (κ2) is 12.7. The lowest BCUT2D eigenvalue weighted by Gasteiger charge is -2.49. The van der Waals surface area contributed by atoms with Crippen LogP contribution in [0.25, 0.3) is 0 Å². The molecule has 0 aromatic heterocycles. The largest absolute Gasteiger partial charge is 0.388 e. The summed E-state index contributed by atoms with van der Waals surface area (Å²) in [6.45, 7) is 4.47. The van der Waals surface area contributed by atoms with Gasteiger partial charge in [0.05, 0.1) is 24.8 Å². The molecule has 1 saturated carbocycles. The van der Waals surface area contributed by atoms with Gasteiger partial charge >= 0.3 is 0 Å². The molecule has 0 amide bonds. The summed E-state index contributed by atoms with van der Waals surface area (Å²) in [7, 11) is 1.65. The highest BCUT2D eigenvalue weighted by atomic mass is 16.7. The van der Waals surface area contributed by atoms with E-state index in [1.165, 1.54) is 0 Å². The molecule has 0 unspecified atom stereocenters. The molecule has 0 spiro atoms. The van der Waals surface area contributed by atoms with E-state index in [4.69, 9.17) is 36.1 Å². The third kappa shape index (κ3) is 6.44. The number of likely N-dealkylation sites (N-methyl/N-ethyl adjacent to an activating group) is 2. The number of nitrogens with one attached hydrogen (secondary N) is 2. The Morgan fingerprint density at radius 3 is 2.35 bits per heavy atom. The first-order valence-corrected chi connectivity index (χ1v) is 11.9. The van der Waals surface area contributed by atoms with Crippen LogP contribution in [0.1, 0.15) is 40.5 Å². The first-order valence-electron chi connectivity index (χ1n) is 11.9. The van der Waals surface area contributed by atoms with Gasteiger partial charge in [-0.25, -0.2) is 0 Å². The quantitative estimate of drug-likeness (QED) is 0.174. The van der Waals surface area contributed by atoms with E-state index in [1.807, 2.05) is 6.92 Å². The lowest BCUT2D eigenvalue weighted by Crippen LogP contribution is -2.69. The molecule has 1 aliphatic carbocycles. The number of ether oxygens (including phenoxy) is 4. The normalized spacial score (nSPS) is 47.7. The van der Waals surface area contributed by atoms with Gasteiger partial charge in [-0.3, -0.25) is 0 Å². The highest BCUT2D eigenvalue weighted by Crippen LogP contribution is 2.32. The Morgan fingerprint density at radius 1 is 1.06 bits per heavy atom. The molecule has 2 aliphatic heterocycles. The fraction of sp³-hybridized carbons (Fsp3) is 1.00. The zero-order chi connectivity index (χ0) is 24.3. The fourth-order valence-corrected chi connectivity index (χ4v) is 5.11. The molecule has 12 nitrogen and oxygen atoms in total. The summed E-state index contributed by atoms with van der Waals surface area (Å²) in [6.07, 6.45) is -3.97. The van der Waals surface area contributed by atoms with Gasteiger partial charge in [-0.2, -0.15) is 0 Å². The molecule has 2 heterocycles. The molecule has 3 rings (SSSR count). The van der Waals surface area contributed by atoms with Crippen LogP contribution in [-0.4, -0.2) is 115 Å². The summed E-state index contributed by atoms with van der Waals surface area (Å²) >= 11 is 0. The maximum Gasteiger partial charge on any atom is 0.185 e. The Hall–Kier alpha value is -0.480. The van der Waals surface area contributed by atoms with Crippen molar-refractivity contribution in [2.45, 2.75) is 113 Å². The second-order valence-electron chi connectivity index (χ2n) is 9.65. The molecule has 0 aromatic carbocycles. The number of nitrogens with two attached hydrogens (primary N) is 3. The first kappa shape index (κ1) is 29.7. The lowest BCUT2D eigenvalue weighted by molar-refractivity contribution is -0.308. The summed E-state index contributed by atoms with van der Waals surface area (Å²) in [6, 6.07) is -1.84. The number of aliphatic hydroxyl groups excluding tert-OH is 2. The SMILES string of the molecule is C.CCN[C@@H]1C[C@H](N)[C@@H](O[C@H]2O[C@H](CN)CC[C@H]2N)[C@H](O)[C@H]1O[C@H]1OC[C@](C)(O)[C@H](NC)[C@H]1O. The van der Waals surface area contributed by atoms with Gasteiger partial charge in [0.15, 0.2) is 12.6 Å². The fourth-order valence-electron chi connectivity index (χ4n) is 5.11. The molecule has 3 fully saturated rings. The molecular weight excluding hydrogens is 446 g/mol. The van der Waals surface area contributed by atoms with Crippen molar-refractivity contribution in [2.75, 3.05) is 26.7 Å². The van der Waals surface area contributed by atoms with Gasteiger partial charge in [0, 0.05) is 18.6 Å². The predicted octanol–water partition coefficient (Wildman–Crippen LogP) is -2.69. The maximum absolute atomic E-state index is 11.3. The zero-order valence-electron chi connectivity index (χ0n) is 19.8. The molecule has 0 radical (unpaired) electrons. The molecule has 12 heteroatoms.